The van der Waals surface area contributed by atoms with Gasteiger partial charge < -0.3 is 19.5 Å². The maximum absolute atomic E-state index is 13.4. The zero-order chi connectivity index (χ0) is 21.4. The highest BCUT2D eigenvalue weighted by molar-refractivity contribution is 6.02. The number of nitro groups is 1. The zero-order valence-electron chi connectivity index (χ0n) is 15.8. The lowest BCUT2D eigenvalue weighted by Gasteiger charge is -2.12. The summed E-state index contributed by atoms with van der Waals surface area (Å²) in [6, 6.07) is 7.02. The highest BCUT2D eigenvalue weighted by atomic mass is 19.1. The summed E-state index contributed by atoms with van der Waals surface area (Å²) in [4.78, 5) is 35.1. The van der Waals surface area contributed by atoms with E-state index in [0.29, 0.717) is 13.2 Å². The number of ketones is 1. The predicted octanol–water partition coefficient (Wildman–Crippen LogP) is 2.84. The first-order valence-corrected chi connectivity index (χ1v) is 8.42. The average molecular weight is 406 g/mol. The van der Waals surface area contributed by atoms with Gasteiger partial charge in [-0.3, -0.25) is 14.9 Å². The number of carbonyl (C=O) groups excluding carboxylic acids is 2. The van der Waals surface area contributed by atoms with E-state index in [0.717, 1.165) is 18.2 Å². The monoisotopic (exact) mass is 406 g/mol. The van der Waals surface area contributed by atoms with Crippen molar-refractivity contribution in [2.45, 2.75) is 0 Å². The number of methoxy groups -OCH3 is 2. The average Bonchev–Trinajstić information content (AvgIpc) is 2.71. The molecule has 0 radical (unpaired) electrons. The molecule has 0 bridgehead atoms. The van der Waals surface area contributed by atoms with Crippen LogP contribution in [0.2, 0.25) is 0 Å². The Morgan fingerprint density at radius 2 is 1.90 bits per heavy atom. The molecule has 0 fully saturated rings. The van der Waals surface area contributed by atoms with Crippen LogP contribution in [0.3, 0.4) is 0 Å². The Morgan fingerprint density at radius 1 is 1.14 bits per heavy atom. The van der Waals surface area contributed by atoms with E-state index in [4.69, 9.17) is 14.2 Å². The Labute approximate surface area is 165 Å². The summed E-state index contributed by atoms with van der Waals surface area (Å²) >= 11 is 0. The van der Waals surface area contributed by atoms with Crippen LogP contribution in [0.25, 0.3) is 0 Å². The van der Waals surface area contributed by atoms with Crippen molar-refractivity contribution < 1.29 is 33.1 Å². The molecule has 1 N–H and O–H groups in total. The molecule has 0 amide bonds. The van der Waals surface area contributed by atoms with Crippen molar-refractivity contribution in [2.24, 2.45) is 0 Å². The lowest BCUT2D eigenvalue weighted by molar-refractivity contribution is -0.384. The quantitative estimate of drug-likeness (QED) is 0.210. The second-order valence-corrected chi connectivity index (χ2v) is 5.75. The molecule has 9 nitrogen and oxygen atoms in total. The summed E-state index contributed by atoms with van der Waals surface area (Å²) in [7, 11) is 2.82. The number of carbonyl (C=O) groups is 2. The van der Waals surface area contributed by atoms with Gasteiger partial charge in [0, 0.05) is 31.5 Å². The van der Waals surface area contributed by atoms with Gasteiger partial charge in [0.1, 0.15) is 11.6 Å². The molecule has 2 aromatic carbocycles. The van der Waals surface area contributed by atoms with E-state index in [1.807, 2.05) is 0 Å². The molecular formula is C19H19FN2O7. The molecule has 10 heteroatoms. The number of non-ortho nitro benzene ring substituents is 1. The number of nitrogens with one attached hydrogen (secondary N) is 1. The Hall–Kier alpha value is -3.53. The molecule has 154 valence electrons. The SMILES string of the molecule is COCCNc1ccc([N+](=O)[O-])cc1C(=O)OCC(=O)c1cc(F)ccc1OC. The fourth-order valence-corrected chi connectivity index (χ4v) is 2.44. The van der Waals surface area contributed by atoms with E-state index in [-0.39, 0.29) is 28.3 Å². The highest BCUT2D eigenvalue weighted by Crippen LogP contribution is 2.24. The second-order valence-electron chi connectivity index (χ2n) is 5.75. The minimum absolute atomic E-state index is 0.0854. The molecule has 0 saturated heterocycles. The van der Waals surface area contributed by atoms with Gasteiger partial charge in [-0.15, -0.1) is 0 Å². The molecule has 2 aromatic rings. The molecule has 0 aromatic heterocycles. The molecule has 0 unspecified atom stereocenters. The van der Waals surface area contributed by atoms with Gasteiger partial charge in [0.15, 0.2) is 6.61 Å². The van der Waals surface area contributed by atoms with E-state index in [1.54, 1.807) is 0 Å². The number of nitro benzene ring substituents is 1. The molecule has 0 aliphatic heterocycles. The van der Waals surface area contributed by atoms with E-state index in [9.17, 15) is 24.1 Å². The van der Waals surface area contributed by atoms with E-state index < -0.39 is 29.1 Å². The summed E-state index contributed by atoms with van der Waals surface area (Å²) in [5, 5.41) is 13.9. The summed E-state index contributed by atoms with van der Waals surface area (Å²) < 4.78 is 28.4. The van der Waals surface area contributed by atoms with Crippen molar-refractivity contribution in [3.8, 4) is 5.75 Å². The number of anilines is 1. The van der Waals surface area contributed by atoms with Gasteiger partial charge in [-0.1, -0.05) is 0 Å². The van der Waals surface area contributed by atoms with Crippen molar-refractivity contribution >= 4 is 23.1 Å². The Balaban J connectivity index is 2.18. The minimum atomic E-state index is -0.947. The number of ether oxygens (including phenoxy) is 3. The van der Waals surface area contributed by atoms with Crippen LogP contribution in [0.5, 0.6) is 5.75 Å². The standard InChI is InChI=1S/C19H19FN2O7/c1-27-8-7-21-16-5-4-13(22(25)26)10-14(16)19(24)29-11-17(23)15-9-12(20)3-6-18(15)28-2/h3-6,9-10,21H,7-8,11H2,1-2H3. The third kappa shape index (κ3) is 5.72. The fourth-order valence-electron chi connectivity index (χ4n) is 2.44. The topological polar surface area (TPSA) is 117 Å². The number of nitrogens with zero attached hydrogens (tertiary/aromatic N) is 1. The van der Waals surface area contributed by atoms with Crippen LogP contribution < -0.4 is 10.1 Å². The van der Waals surface area contributed by atoms with Crippen molar-refractivity contribution in [1.29, 1.82) is 0 Å². The first kappa shape index (κ1) is 21.8. The third-order valence-electron chi connectivity index (χ3n) is 3.85. The van der Waals surface area contributed by atoms with Gasteiger partial charge >= 0.3 is 5.97 Å². The fraction of sp³-hybridized carbons (Fsp3) is 0.263. The number of hydrogen-bond donors (Lipinski definition) is 1. The van der Waals surface area contributed by atoms with E-state index in [2.05, 4.69) is 5.32 Å². The largest absolute Gasteiger partial charge is 0.496 e. The molecule has 0 saturated carbocycles. The number of Topliss-reactive ketones (excluding diaryl/α,β-unsaturated/α-hetero) is 1. The summed E-state index contributed by atoms with van der Waals surface area (Å²) in [6.45, 7) is -0.0177. The smallest absolute Gasteiger partial charge is 0.340 e. The summed E-state index contributed by atoms with van der Waals surface area (Å²) in [6.07, 6.45) is 0. The zero-order valence-corrected chi connectivity index (χ0v) is 15.8. The van der Waals surface area contributed by atoms with Gasteiger partial charge in [-0.05, 0) is 24.3 Å². The predicted molar refractivity (Wildman–Crippen MR) is 101 cm³/mol. The Morgan fingerprint density at radius 3 is 2.55 bits per heavy atom. The van der Waals surface area contributed by atoms with Crippen LogP contribution in [0.15, 0.2) is 36.4 Å². The molecule has 0 aliphatic rings. The lowest BCUT2D eigenvalue weighted by Crippen LogP contribution is -2.17. The van der Waals surface area contributed by atoms with Gasteiger partial charge in [0.2, 0.25) is 5.78 Å². The molecule has 0 spiro atoms. The van der Waals surface area contributed by atoms with Crippen molar-refractivity contribution in [2.75, 3.05) is 39.3 Å². The maximum atomic E-state index is 13.4. The maximum Gasteiger partial charge on any atom is 0.340 e. The van der Waals surface area contributed by atoms with Crippen molar-refractivity contribution in [3.63, 3.8) is 0 Å². The molecule has 0 heterocycles. The number of rotatable bonds is 10. The summed E-state index contributed by atoms with van der Waals surface area (Å²) in [5.74, 6) is -2.15. The first-order valence-electron chi connectivity index (χ1n) is 8.42. The normalized spacial score (nSPS) is 10.3. The Kier molecular flexibility index (Phi) is 7.61. The number of halogens is 1. The second kappa shape index (κ2) is 10.1. The van der Waals surface area contributed by atoms with Crippen LogP contribution in [0.4, 0.5) is 15.8 Å². The van der Waals surface area contributed by atoms with Gasteiger partial charge in [0.25, 0.3) is 5.69 Å². The van der Waals surface area contributed by atoms with Gasteiger partial charge in [-0.2, -0.15) is 0 Å². The molecule has 29 heavy (non-hydrogen) atoms. The first-order chi connectivity index (χ1) is 13.9. The van der Waals surface area contributed by atoms with E-state index >= 15 is 0 Å². The van der Waals surface area contributed by atoms with E-state index in [1.165, 1.54) is 32.4 Å². The number of hydrogen-bond acceptors (Lipinski definition) is 8. The lowest BCUT2D eigenvalue weighted by atomic mass is 10.1. The van der Waals surface area contributed by atoms with Crippen LogP contribution in [-0.2, 0) is 9.47 Å². The number of benzene rings is 2. The Bertz CT molecular complexity index is 917. The molecular weight excluding hydrogens is 387 g/mol. The minimum Gasteiger partial charge on any atom is -0.496 e. The summed E-state index contributed by atoms with van der Waals surface area (Å²) in [5.41, 5.74) is -0.229. The van der Waals surface area contributed by atoms with Crippen LogP contribution in [-0.4, -0.2) is 50.7 Å². The molecule has 2 rings (SSSR count). The molecule has 0 atom stereocenters. The van der Waals surface area contributed by atoms with Crippen LogP contribution in [0.1, 0.15) is 20.7 Å². The van der Waals surface area contributed by atoms with Crippen LogP contribution >= 0.6 is 0 Å². The highest BCUT2D eigenvalue weighted by Gasteiger charge is 2.21. The van der Waals surface area contributed by atoms with Crippen LogP contribution in [0, 0.1) is 15.9 Å². The molecule has 0 aliphatic carbocycles. The van der Waals surface area contributed by atoms with Crippen molar-refractivity contribution in [3.05, 3.63) is 63.5 Å². The van der Waals surface area contributed by atoms with Gasteiger partial charge in [0.05, 0.1) is 29.8 Å². The van der Waals surface area contributed by atoms with Crippen molar-refractivity contribution in [1.82, 2.24) is 0 Å². The van der Waals surface area contributed by atoms with Gasteiger partial charge in [-0.25, -0.2) is 9.18 Å². The third-order valence-corrected chi connectivity index (χ3v) is 3.85. The number of esters is 1.